The van der Waals surface area contributed by atoms with E-state index in [1.54, 1.807) is 12.2 Å². The molecule has 1 aliphatic carbocycles. The summed E-state index contributed by atoms with van der Waals surface area (Å²) >= 11 is 0. The molecule has 0 saturated carbocycles. The Balaban J connectivity index is 1.89. The molecule has 3 rings (SSSR count). The molecular formula is C24H27NO6. The number of carbonyl (C=O) groups is 2. The van der Waals surface area contributed by atoms with Crippen LogP contribution in [0.15, 0.2) is 42.5 Å². The molecule has 1 aromatic carbocycles. The molecule has 0 unspecified atom stereocenters. The van der Waals surface area contributed by atoms with Gasteiger partial charge >= 0.3 is 11.9 Å². The van der Waals surface area contributed by atoms with Crippen molar-refractivity contribution < 1.29 is 29.3 Å². The van der Waals surface area contributed by atoms with Crippen LogP contribution in [0.1, 0.15) is 52.8 Å². The summed E-state index contributed by atoms with van der Waals surface area (Å²) in [6, 6.07) is 10.8. The number of fused-ring (bicyclic) bond motifs is 1. The van der Waals surface area contributed by atoms with Crippen molar-refractivity contribution in [3.63, 3.8) is 0 Å². The first-order valence-corrected chi connectivity index (χ1v) is 10.2. The predicted molar refractivity (Wildman–Crippen MR) is 114 cm³/mol. The van der Waals surface area contributed by atoms with E-state index in [0.717, 1.165) is 5.56 Å². The third-order valence-corrected chi connectivity index (χ3v) is 5.50. The summed E-state index contributed by atoms with van der Waals surface area (Å²) in [4.78, 5) is 29.2. The number of aliphatic hydroxyl groups is 2. The lowest BCUT2D eigenvalue weighted by molar-refractivity contribution is -0.155. The lowest BCUT2D eigenvalue weighted by Crippen LogP contribution is -2.34. The molecule has 1 heterocycles. The maximum Gasteiger partial charge on any atom is 0.356 e. The zero-order valence-corrected chi connectivity index (χ0v) is 17.8. The van der Waals surface area contributed by atoms with Crippen LogP contribution in [0.5, 0.6) is 0 Å². The molecule has 7 nitrogen and oxygen atoms in total. The minimum absolute atomic E-state index is 0.00819. The normalized spacial score (nSPS) is 18.4. The average molecular weight is 425 g/mol. The molecule has 0 aliphatic heterocycles. The second-order valence-corrected chi connectivity index (χ2v) is 7.86. The summed E-state index contributed by atoms with van der Waals surface area (Å²) in [5.74, 6) is -2.41. The molecule has 0 saturated heterocycles. The van der Waals surface area contributed by atoms with Gasteiger partial charge in [-0.15, -0.1) is 0 Å². The third kappa shape index (κ3) is 4.84. The van der Waals surface area contributed by atoms with Gasteiger partial charge in [0.25, 0.3) is 0 Å². The van der Waals surface area contributed by atoms with Gasteiger partial charge in [0.15, 0.2) is 0 Å². The Hall–Kier alpha value is -3.03. The van der Waals surface area contributed by atoms with Gasteiger partial charge in [0.2, 0.25) is 0 Å². The number of benzene rings is 1. The maximum absolute atomic E-state index is 13.0. The van der Waals surface area contributed by atoms with Crippen LogP contribution in [0.3, 0.4) is 0 Å². The molecule has 7 heteroatoms. The smallest absolute Gasteiger partial charge is 0.356 e. The molecule has 31 heavy (non-hydrogen) atoms. The van der Waals surface area contributed by atoms with E-state index in [-0.39, 0.29) is 30.5 Å². The molecule has 0 bridgehead atoms. The van der Waals surface area contributed by atoms with Crippen molar-refractivity contribution in [2.75, 3.05) is 7.11 Å². The first kappa shape index (κ1) is 22.7. The van der Waals surface area contributed by atoms with Crippen molar-refractivity contribution in [1.29, 1.82) is 0 Å². The highest BCUT2D eigenvalue weighted by atomic mass is 16.5. The van der Waals surface area contributed by atoms with E-state index in [4.69, 9.17) is 9.47 Å². The number of pyridine rings is 1. The quantitative estimate of drug-likeness (QED) is 0.657. The summed E-state index contributed by atoms with van der Waals surface area (Å²) in [7, 11) is 1.23. The molecule has 2 aromatic rings. The Labute approximate surface area is 181 Å². The average Bonchev–Trinajstić information content (AvgIpc) is 2.78. The second-order valence-electron chi connectivity index (χ2n) is 7.86. The Morgan fingerprint density at radius 1 is 1.19 bits per heavy atom. The van der Waals surface area contributed by atoms with E-state index in [0.29, 0.717) is 11.1 Å². The number of rotatable bonds is 7. The molecular weight excluding hydrogens is 398 g/mol. The molecule has 0 spiro atoms. The predicted octanol–water partition coefficient (Wildman–Crippen LogP) is 3.05. The number of carbonyl (C=O) groups excluding carboxylic acids is 2. The van der Waals surface area contributed by atoms with Gasteiger partial charge in [-0.2, -0.15) is 0 Å². The topological polar surface area (TPSA) is 106 Å². The molecule has 1 aliphatic rings. The van der Waals surface area contributed by atoms with Crippen LogP contribution in [-0.2, 0) is 27.5 Å². The van der Waals surface area contributed by atoms with Crippen molar-refractivity contribution >= 4 is 18.0 Å². The number of hydrogen-bond acceptors (Lipinski definition) is 7. The molecule has 164 valence electrons. The van der Waals surface area contributed by atoms with Crippen molar-refractivity contribution in [3.05, 3.63) is 70.6 Å². The van der Waals surface area contributed by atoms with E-state index in [1.807, 2.05) is 44.2 Å². The highest BCUT2D eigenvalue weighted by Gasteiger charge is 2.39. The lowest BCUT2D eigenvalue weighted by Gasteiger charge is -2.33. The number of ether oxygens (including phenoxy) is 2. The minimum Gasteiger partial charge on any atom is -0.464 e. The van der Waals surface area contributed by atoms with Crippen LogP contribution in [0.2, 0.25) is 0 Å². The molecule has 3 atom stereocenters. The first-order valence-electron chi connectivity index (χ1n) is 10.2. The Morgan fingerprint density at radius 3 is 2.52 bits per heavy atom. The zero-order chi connectivity index (χ0) is 22.5. The number of aliphatic hydroxyl groups excluding tert-OH is 2. The van der Waals surface area contributed by atoms with Crippen LogP contribution < -0.4 is 0 Å². The lowest BCUT2D eigenvalue weighted by atomic mass is 9.75. The van der Waals surface area contributed by atoms with Gasteiger partial charge in [-0.25, -0.2) is 9.78 Å². The van der Waals surface area contributed by atoms with E-state index in [2.05, 4.69) is 4.98 Å². The molecule has 2 N–H and O–H groups in total. The largest absolute Gasteiger partial charge is 0.464 e. The number of esters is 2. The fourth-order valence-corrected chi connectivity index (χ4v) is 3.90. The highest BCUT2D eigenvalue weighted by molar-refractivity contribution is 5.88. The fraction of sp³-hybridized carbons (Fsp3) is 0.375. The third-order valence-electron chi connectivity index (χ3n) is 5.50. The van der Waals surface area contributed by atoms with Gasteiger partial charge in [-0.05, 0) is 23.1 Å². The SMILES string of the molecule is COC(=O)c1cc(CO)c2c(n1)[C@@H](O)[C@H]([C@@H](C(=O)OCc1ccccc1)C(C)C)C=C2. The van der Waals surface area contributed by atoms with E-state index in [1.165, 1.54) is 13.2 Å². The summed E-state index contributed by atoms with van der Waals surface area (Å²) < 4.78 is 10.3. The molecule has 0 amide bonds. The Morgan fingerprint density at radius 2 is 1.90 bits per heavy atom. The van der Waals surface area contributed by atoms with Crippen molar-refractivity contribution in [1.82, 2.24) is 4.98 Å². The van der Waals surface area contributed by atoms with Crippen LogP contribution in [0.25, 0.3) is 6.08 Å². The summed E-state index contributed by atoms with van der Waals surface area (Å²) in [6.45, 7) is 3.60. The van der Waals surface area contributed by atoms with E-state index in [9.17, 15) is 19.8 Å². The van der Waals surface area contributed by atoms with Crippen molar-refractivity contribution in [2.24, 2.45) is 17.8 Å². The molecule has 0 radical (unpaired) electrons. The van der Waals surface area contributed by atoms with Crippen LogP contribution in [0, 0.1) is 17.8 Å². The number of aromatic nitrogens is 1. The molecule has 1 aromatic heterocycles. The number of hydrogen-bond donors (Lipinski definition) is 2. The summed E-state index contributed by atoms with van der Waals surface area (Å²) in [5.41, 5.74) is 2.10. The monoisotopic (exact) mass is 425 g/mol. The van der Waals surface area contributed by atoms with Gasteiger partial charge in [-0.1, -0.05) is 56.3 Å². The fourth-order valence-electron chi connectivity index (χ4n) is 3.90. The van der Waals surface area contributed by atoms with Crippen molar-refractivity contribution in [3.8, 4) is 0 Å². The number of methoxy groups -OCH3 is 1. The maximum atomic E-state index is 13.0. The zero-order valence-electron chi connectivity index (χ0n) is 17.8. The van der Waals surface area contributed by atoms with Gasteiger partial charge in [0.05, 0.1) is 25.3 Å². The van der Waals surface area contributed by atoms with E-state index < -0.39 is 29.9 Å². The first-order chi connectivity index (χ1) is 14.9. The van der Waals surface area contributed by atoms with Gasteiger partial charge in [-0.3, -0.25) is 4.79 Å². The molecule has 0 fully saturated rings. The second kappa shape index (κ2) is 9.85. The van der Waals surface area contributed by atoms with Gasteiger partial charge in [0.1, 0.15) is 18.4 Å². The van der Waals surface area contributed by atoms with Gasteiger partial charge < -0.3 is 19.7 Å². The van der Waals surface area contributed by atoms with Crippen LogP contribution >= 0.6 is 0 Å². The van der Waals surface area contributed by atoms with Gasteiger partial charge in [0, 0.05) is 11.5 Å². The van der Waals surface area contributed by atoms with E-state index >= 15 is 0 Å². The summed E-state index contributed by atoms with van der Waals surface area (Å²) in [6.07, 6.45) is 2.33. The standard InChI is InChI=1S/C24H27NO6/c1-14(2)20(24(29)31-13-15-7-5-4-6-8-15)18-10-9-17-16(12-26)11-19(23(28)30-3)25-21(17)22(18)27/h4-11,14,18,20,22,26-27H,12-13H2,1-3H3/t18-,20-,22-/m0/s1. The summed E-state index contributed by atoms with van der Waals surface area (Å²) in [5, 5.41) is 20.8. The Kier molecular flexibility index (Phi) is 7.20. The van der Waals surface area contributed by atoms with Crippen molar-refractivity contribution in [2.45, 2.75) is 33.2 Å². The van der Waals surface area contributed by atoms with Crippen LogP contribution in [-0.4, -0.2) is 34.2 Å². The number of nitrogens with zero attached hydrogens (tertiary/aromatic N) is 1. The Bertz CT molecular complexity index is 970. The minimum atomic E-state index is -1.15. The highest BCUT2D eigenvalue weighted by Crippen LogP contribution is 2.40. The van der Waals surface area contributed by atoms with Crippen LogP contribution in [0.4, 0.5) is 0 Å².